The fourth-order valence-corrected chi connectivity index (χ4v) is 3.03. The average molecular weight is 220 g/mol. The molecule has 0 aromatic carbocycles. The highest BCUT2D eigenvalue weighted by Crippen LogP contribution is 2.25. The number of sulfone groups is 1. The molecule has 0 radical (unpaired) electrons. The highest BCUT2D eigenvalue weighted by atomic mass is 32.2. The normalized spacial score (nSPS) is 23.0. The molecule has 3 nitrogen and oxygen atoms in total. The zero-order chi connectivity index (χ0) is 10.6. The lowest BCUT2D eigenvalue weighted by atomic mass is 9.95. The van der Waals surface area contributed by atoms with Crippen LogP contribution in [0.2, 0.25) is 0 Å². The highest BCUT2D eigenvalue weighted by Gasteiger charge is 2.23. The van der Waals surface area contributed by atoms with Gasteiger partial charge in [-0.1, -0.05) is 25.7 Å². The van der Waals surface area contributed by atoms with Crippen molar-refractivity contribution in [3.05, 3.63) is 0 Å². The largest absolute Gasteiger partial charge is 0.392 e. The molecule has 4 heteroatoms. The van der Waals surface area contributed by atoms with Crippen LogP contribution in [0.3, 0.4) is 0 Å². The summed E-state index contributed by atoms with van der Waals surface area (Å²) in [4.78, 5) is 0. The third-order valence-corrected chi connectivity index (χ3v) is 3.86. The molecule has 0 spiro atoms. The van der Waals surface area contributed by atoms with E-state index in [-0.39, 0.29) is 11.7 Å². The van der Waals surface area contributed by atoms with Crippen molar-refractivity contribution in [3.63, 3.8) is 0 Å². The van der Waals surface area contributed by atoms with Crippen LogP contribution in [0.5, 0.6) is 0 Å². The van der Waals surface area contributed by atoms with Crippen molar-refractivity contribution >= 4 is 9.84 Å². The number of hydrogen-bond donors (Lipinski definition) is 1. The van der Waals surface area contributed by atoms with Crippen LogP contribution >= 0.6 is 0 Å². The van der Waals surface area contributed by atoms with Gasteiger partial charge in [-0.15, -0.1) is 0 Å². The van der Waals surface area contributed by atoms with Crippen LogP contribution in [0.4, 0.5) is 0 Å². The zero-order valence-electron chi connectivity index (χ0n) is 8.78. The highest BCUT2D eigenvalue weighted by molar-refractivity contribution is 7.90. The summed E-state index contributed by atoms with van der Waals surface area (Å²) < 4.78 is 22.0. The van der Waals surface area contributed by atoms with E-state index >= 15 is 0 Å². The molecule has 0 bridgehead atoms. The van der Waals surface area contributed by atoms with Gasteiger partial charge in [-0.2, -0.15) is 0 Å². The quantitative estimate of drug-likeness (QED) is 0.731. The van der Waals surface area contributed by atoms with Gasteiger partial charge in [0, 0.05) is 6.26 Å². The molecule has 1 saturated carbocycles. The maximum Gasteiger partial charge on any atom is 0.150 e. The van der Waals surface area contributed by atoms with Gasteiger partial charge in [0.2, 0.25) is 0 Å². The molecule has 1 atom stereocenters. The second-order valence-electron chi connectivity index (χ2n) is 4.41. The summed E-state index contributed by atoms with van der Waals surface area (Å²) in [6.45, 7) is 0. The predicted octanol–water partition coefficient (Wildman–Crippen LogP) is 1.36. The Morgan fingerprint density at radius 3 is 2.14 bits per heavy atom. The minimum atomic E-state index is -3.03. The summed E-state index contributed by atoms with van der Waals surface area (Å²) in [5.74, 6) is 0.129. The van der Waals surface area contributed by atoms with Gasteiger partial charge < -0.3 is 5.11 Å². The molecule has 0 aromatic rings. The number of hydrogen-bond acceptors (Lipinski definition) is 3. The summed E-state index contributed by atoms with van der Waals surface area (Å²) in [5, 5.41) is 9.76. The van der Waals surface area contributed by atoms with E-state index in [0.29, 0.717) is 0 Å². The zero-order valence-corrected chi connectivity index (χ0v) is 9.59. The maximum atomic E-state index is 11.0. The van der Waals surface area contributed by atoms with Gasteiger partial charge in [-0.25, -0.2) is 8.42 Å². The van der Waals surface area contributed by atoms with Crippen molar-refractivity contribution in [1.29, 1.82) is 0 Å². The van der Waals surface area contributed by atoms with Gasteiger partial charge in [0.1, 0.15) is 9.84 Å². The number of rotatable bonds is 3. The lowest BCUT2D eigenvalue weighted by molar-refractivity contribution is 0.118. The first-order valence-corrected chi connectivity index (χ1v) is 7.41. The van der Waals surface area contributed by atoms with Crippen LogP contribution in [0.25, 0.3) is 0 Å². The minimum absolute atomic E-state index is 0.0718. The molecule has 1 aliphatic carbocycles. The fraction of sp³-hybridized carbons (Fsp3) is 1.00. The topological polar surface area (TPSA) is 54.4 Å². The monoisotopic (exact) mass is 220 g/mol. The Bertz CT molecular complexity index is 251. The van der Waals surface area contributed by atoms with Gasteiger partial charge >= 0.3 is 0 Å². The van der Waals surface area contributed by atoms with Crippen molar-refractivity contribution in [1.82, 2.24) is 0 Å². The van der Waals surface area contributed by atoms with Gasteiger partial charge in [0.05, 0.1) is 11.9 Å². The molecule has 84 valence electrons. The van der Waals surface area contributed by atoms with E-state index in [1.807, 2.05) is 0 Å². The Labute approximate surface area is 86.4 Å². The number of aliphatic hydroxyl groups excluding tert-OH is 1. The summed E-state index contributed by atoms with van der Waals surface area (Å²) in [6.07, 6.45) is 7.21. The van der Waals surface area contributed by atoms with E-state index in [9.17, 15) is 13.5 Å². The molecule has 0 heterocycles. The molecule has 0 saturated heterocycles. The standard InChI is InChI=1S/C10H20O3S/c1-14(12,13)8-10(11)9-6-4-2-3-5-7-9/h9-11H,2-8H2,1H3. The third-order valence-electron chi connectivity index (χ3n) is 2.92. The maximum absolute atomic E-state index is 11.0. The summed E-state index contributed by atoms with van der Waals surface area (Å²) in [6, 6.07) is 0. The first-order chi connectivity index (χ1) is 6.49. The van der Waals surface area contributed by atoms with Crippen LogP contribution in [-0.2, 0) is 9.84 Å². The third kappa shape index (κ3) is 4.42. The molecular formula is C10H20O3S. The van der Waals surface area contributed by atoms with E-state index in [1.165, 1.54) is 19.1 Å². The van der Waals surface area contributed by atoms with Crippen molar-refractivity contribution in [3.8, 4) is 0 Å². The molecule has 1 aliphatic rings. The van der Waals surface area contributed by atoms with E-state index < -0.39 is 15.9 Å². The minimum Gasteiger partial charge on any atom is -0.392 e. The second kappa shape index (κ2) is 5.12. The molecule has 0 aromatic heterocycles. The molecule has 1 unspecified atom stereocenters. The summed E-state index contributed by atoms with van der Waals surface area (Å²) in [5.41, 5.74) is 0. The van der Waals surface area contributed by atoms with Crippen LogP contribution in [0.1, 0.15) is 38.5 Å². The van der Waals surface area contributed by atoms with Crippen molar-refractivity contribution in [2.45, 2.75) is 44.6 Å². The SMILES string of the molecule is CS(=O)(=O)CC(O)C1CCCCCC1. The van der Waals surface area contributed by atoms with Crippen molar-refractivity contribution < 1.29 is 13.5 Å². The first kappa shape index (κ1) is 12.0. The van der Waals surface area contributed by atoms with Gasteiger partial charge in [0.25, 0.3) is 0 Å². The Kier molecular flexibility index (Phi) is 4.38. The Morgan fingerprint density at radius 1 is 1.21 bits per heavy atom. The van der Waals surface area contributed by atoms with E-state index in [1.54, 1.807) is 0 Å². The second-order valence-corrected chi connectivity index (χ2v) is 6.60. The smallest absolute Gasteiger partial charge is 0.150 e. The fourth-order valence-electron chi connectivity index (χ4n) is 2.14. The Balaban J connectivity index is 2.45. The number of aliphatic hydroxyl groups is 1. The molecular weight excluding hydrogens is 200 g/mol. The lowest BCUT2D eigenvalue weighted by Gasteiger charge is -2.20. The molecule has 14 heavy (non-hydrogen) atoms. The van der Waals surface area contributed by atoms with Gasteiger partial charge in [0.15, 0.2) is 0 Å². The van der Waals surface area contributed by atoms with Crippen molar-refractivity contribution in [2.75, 3.05) is 12.0 Å². The van der Waals surface area contributed by atoms with E-state index in [0.717, 1.165) is 25.7 Å². The van der Waals surface area contributed by atoms with E-state index in [2.05, 4.69) is 0 Å². The van der Waals surface area contributed by atoms with Gasteiger partial charge in [-0.05, 0) is 18.8 Å². The van der Waals surface area contributed by atoms with Crippen LogP contribution < -0.4 is 0 Å². The van der Waals surface area contributed by atoms with Crippen molar-refractivity contribution in [2.24, 2.45) is 5.92 Å². The molecule has 0 amide bonds. The molecule has 1 N–H and O–H groups in total. The van der Waals surface area contributed by atoms with Gasteiger partial charge in [-0.3, -0.25) is 0 Å². The summed E-state index contributed by atoms with van der Waals surface area (Å²) >= 11 is 0. The molecule has 0 aliphatic heterocycles. The van der Waals surface area contributed by atoms with Crippen LogP contribution in [0, 0.1) is 5.92 Å². The lowest BCUT2D eigenvalue weighted by Crippen LogP contribution is -2.28. The average Bonchev–Trinajstić information content (AvgIpc) is 2.27. The van der Waals surface area contributed by atoms with Crippen LogP contribution in [-0.4, -0.2) is 31.6 Å². The predicted molar refractivity (Wildman–Crippen MR) is 56.9 cm³/mol. The Hall–Kier alpha value is -0.0900. The molecule has 1 fully saturated rings. The molecule has 1 rings (SSSR count). The van der Waals surface area contributed by atoms with Crippen LogP contribution in [0.15, 0.2) is 0 Å². The Morgan fingerprint density at radius 2 is 1.71 bits per heavy atom. The van der Waals surface area contributed by atoms with E-state index in [4.69, 9.17) is 0 Å². The first-order valence-electron chi connectivity index (χ1n) is 5.35. The summed E-state index contributed by atoms with van der Waals surface area (Å²) in [7, 11) is -3.03.